The van der Waals surface area contributed by atoms with Gasteiger partial charge >= 0.3 is 53.4 Å². The predicted octanol–water partition coefficient (Wildman–Crippen LogP) is -4.78. The van der Waals surface area contributed by atoms with Gasteiger partial charge in [0.05, 0.1) is 12.8 Å². The van der Waals surface area contributed by atoms with Gasteiger partial charge in [0.25, 0.3) is 0 Å². The third kappa shape index (κ3) is 11.1. The van der Waals surface area contributed by atoms with Gasteiger partial charge in [-0.1, -0.05) is 0 Å². The molecule has 0 fully saturated rings. The Morgan fingerprint density at radius 1 is 1.08 bits per heavy atom. The molecule has 1 atom stereocenters. The number of ether oxygens (including phenoxy) is 1. The van der Waals surface area contributed by atoms with Crippen LogP contribution >= 0.6 is 12.4 Å². The van der Waals surface area contributed by atoms with Crippen molar-refractivity contribution in [3.05, 3.63) is 0 Å². The smallest absolute Gasteiger partial charge is 1.00 e. The van der Waals surface area contributed by atoms with Crippen LogP contribution in [0.25, 0.3) is 0 Å². The van der Waals surface area contributed by atoms with Crippen LogP contribution in [0.3, 0.4) is 0 Å². The molecule has 9 N–H and O–H groups in total. The molecule has 12 nitrogen and oxygen atoms in total. The second kappa shape index (κ2) is 13.6. The van der Waals surface area contributed by atoms with Crippen molar-refractivity contribution in [1.82, 2.24) is 0 Å². The number of guanidine groups is 1. The summed E-state index contributed by atoms with van der Waals surface area (Å²) < 4.78 is 4.65. The van der Waals surface area contributed by atoms with Crippen LogP contribution in [0.2, 0.25) is 0 Å². The topological polar surface area (TPSA) is 229 Å². The molecule has 0 spiro atoms. The number of carboxylic acids is 3. The number of rotatable bonds is 11. The van der Waals surface area contributed by atoms with Gasteiger partial charge in [0, 0.05) is 6.54 Å². The van der Waals surface area contributed by atoms with Crippen molar-refractivity contribution in [2.75, 3.05) is 6.54 Å². The molecule has 0 aromatic carbocycles. The van der Waals surface area contributed by atoms with Gasteiger partial charge in [0.2, 0.25) is 5.60 Å². The van der Waals surface area contributed by atoms with Crippen molar-refractivity contribution in [3.63, 3.8) is 0 Å². The Morgan fingerprint density at radius 2 is 1.54 bits per heavy atom. The second-order valence-corrected chi connectivity index (χ2v) is 4.92. The monoisotopic (exact) mass is 408 g/mol. The molecule has 0 rings (SSSR count). The number of carbonyl (C=O) groups excluding carboxylic acids is 1. The number of hydrogen-bond acceptors (Lipinski definition) is 7. The average molecular weight is 409 g/mol. The standard InChI is InChI=1S/C12H20N4O8.ClH.Na.H/c13-6(2-1-3-16-11(14)15)9(21)24-12(10(22)23,4-7(17)18)5-8(19)20;;;/h6H,1-5,13H2,(H,17,18)(H,19,20)(H,22,23)(H4,14,15,16);1H;;/q;;+1;-1/t6-;;;/m0.../s1. The molecular formula is C12H22ClN4NaO8. The Kier molecular flexibility index (Phi) is 15.2. The van der Waals surface area contributed by atoms with Gasteiger partial charge < -0.3 is 38.7 Å². The Morgan fingerprint density at radius 3 is 1.88 bits per heavy atom. The van der Waals surface area contributed by atoms with E-state index in [-0.39, 0.29) is 68.7 Å². The van der Waals surface area contributed by atoms with Gasteiger partial charge in [-0.25, -0.2) is 4.79 Å². The normalized spacial score (nSPS) is 11.1. The third-order valence-corrected chi connectivity index (χ3v) is 2.83. The van der Waals surface area contributed by atoms with E-state index in [2.05, 4.69) is 9.73 Å². The fourth-order valence-electron chi connectivity index (χ4n) is 1.72. The number of carboxylic acid groups (broad SMARTS) is 3. The van der Waals surface area contributed by atoms with Crippen molar-refractivity contribution in [2.24, 2.45) is 22.2 Å². The molecule has 0 heterocycles. The molecule has 26 heavy (non-hydrogen) atoms. The van der Waals surface area contributed by atoms with Gasteiger partial charge in [-0.2, -0.15) is 0 Å². The zero-order chi connectivity index (χ0) is 18.9. The number of halogens is 1. The molecule has 0 aliphatic rings. The summed E-state index contributed by atoms with van der Waals surface area (Å²) in [6.07, 6.45) is -2.15. The summed E-state index contributed by atoms with van der Waals surface area (Å²) in [6, 6.07) is -1.29. The molecule has 0 aliphatic heterocycles. The summed E-state index contributed by atoms with van der Waals surface area (Å²) in [6.45, 7) is 0.164. The Bertz CT molecular complexity index is 531. The van der Waals surface area contributed by atoms with Gasteiger partial charge in [-0.05, 0) is 12.8 Å². The minimum absolute atomic E-state index is 0. The quantitative estimate of drug-likeness (QED) is 0.0624. The van der Waals surface area contributed by atoms with Crippen LogP contribution in [-0.2, 0) is 23.9 Å². The molecule has 0 saturated carbocycles. The number of esters is 1. The van der Waals surface area contributed by atoms with Crippen molar-refractivity contribution in [2.45, 2.75) is 37.3 Å². The minimum Gasteiger partial charge on any atom is -1.00 e. The second-order valence-electron chi connectivity index (χ2n) is 4.92. The van der Waals surface area contributed by atoms with E-state index in [0.717, 1.165) is 0 Å². The van der Waals surface area contributed by atoms with Crippen LogP contribution in [0.1, 0.15) is 27.1 Å². The molecule has 0 bridgehead atoms. The number of hydrogen-bond donors (Lipinski definition) is 6. The minimum atomic E-state index is -2.74. The first-order valence-corrected chi connectivity index (χ1v) is 6.71. The Labute approximate surface area is 178 Å². The fraction of sp³-hybridized carbons (Fsp3) is 0.583. The average Bonchev–Trinajstić information content (AvgIpc) is 2.41. The summed E-state index contributed by atoms with van der Waals surface area (Å²) in [5.74, 6) is -6.57. The van der Waals surface area contributed by atoms with E-state index in [0.29, 0.717) is 0 Å². The maximum atomic E-state index is 11.9. The maximum absolute atomic E-state index is 11.9. The predicted molar refractivity (Wildman–Crippen MR) is 87.2 cm³/mol. The largest absolute Gasteiger partial charge is 1.00 e. The van der Waals surface area contributed by atoms with E-state index in [1.54, 1.807) is 0 Å². The van der Waals surface area contributed by atoms with Crippen molar-refractivity contribution < 1.29 is 70.2 Å². The van der Waals surface area contributed by atoms with E-state index in [1.807, 2.05) is 0 Å². The van der Waals surface area contributed by atoms with E-state index < -0.39 is 48.4 Å². The molecule has 14 heteroatoms. The first-order chi connectivity index (χ1) is 11.0. The number of aliphatic imine (C=N–C) groups is 1. The molecule has 0 aromatic rings. The van der Waals surface area contributed by atoms with Crippen molar-refractivity contribution in [3.8, 4) is 0 Å². The van der Waals surface area contributed by atoms with Crippen LogP contribution in [0.5, 0.6) is 0 Å². The zero-order valence-electron chi connectivity index (χ0n) is 15.1. The molecular weight excluding hydrogens is 387 g/mol. The summed E-state index contributed by atoms with van der Waals surface area (Å²) >= 11 is 0. The molecule has 0 unspecified atom stereocenters. The summed E-state index contributed by atoms with van der Waals surface area (Å²) in [5.41, 5.74) is 13.0. The van der Waals surface area contributed by atoms with Crippen LogP contribution in [0.4, 0.5) is 0 Å². The number of aliphatic carboxylic acids is 3. The molecule has 0 amide bonds. The van der Waals surface area contributed by atoms with E-state index in [4.69, 9.17) is 32.5 Å². The summed E-state index contributed by atoms with van der Waals surface area (Å²) in [4.78, 5) is 48.4. The van der Waals surface area contributed by atoms with Crippen LogP contribution in [0, 0.1) is 0 Å². The zero-order valence-corrected chi connectivity index (χ0v) is 16.9. The maximum Gasteiger partial charge on any atom is 1.00 e. The van der Waals surface area contributed by atoms with Crippen LogP contribution in [-0.4, -0.2) is 63.3 Å². The van der Waals surface area contributed by atoms with Crippen LogP contribution in [0.15, 0.2) is 4.99 Å². The Balaban J connectivity index is -0.000000882. The molecule has 0 radical (unpaired) electrons. The Hall–Kier alpha value is -1.60. The van der Waals surface area contributed by atoms with Gasteiger partial charge in [0.15, 0.2) is 5.96 Å². The molecule has 0 aliphatic carbocycles. The first kappa shape index (κ1) is 29.2. The SMILES string of the molecule is Cl.NC(N)=NCCC[C@H](N)C(=O)OC(CC(=O)O)(CC(=O)O)C(=O)O.[H-].[Na+]. The van der Waals surface area contributed by atoms with Gasteiger partial charge in [-0.3, -0.25) is 19.4 Å². The van der Waals surface area contributed by atoms with Gasteiger partial charge in [-0.15, -0.1) is 12.4 Å². The number of nitrogens with zero attached hydrogens (tertiary/aromatic N) is 1. The number of nitrogens with two attached hydrogens (primary N) is 3. The first-order valence-electron chi connectivity index (χ1n) is 6.71. The molecule has 0 aromatic heterocycles. The summed E-state index contributed by atoms with van der Waals surface area (Å²) in [5, 5.41) is 26.7. The van der Waals surface area contributed by atoms with Crippen molar-refractivity contribution >= 4 is 42.2 Å². The molecule has 0 saturated heterocycles. The third-order valence-electron chi connectivity index (χ3n) is 2.83. The van der Waals surface area contributed by atoms with Crippen molar-refractivity contribution in [1.29, 1.82) is 0 Å². The van der Waals surface area contributed by atoms with E-state index in [9.17, 15) is 19.2 Å². The van der Waals surface area contributed by atoms with E-state index >= 15 is 0 Å². The fourth-order valence-corrected chi connectivity index (χ4v) is 1.72. The molecule has 146 valence electrons. The number of carbonyl (C=O) groups is 4. The van der Waals surface area contributed by atoms with Gasteiger partial charge in [0.1, 0.15) is 6.04 Å². The van der Waals surface area contributed by atoms with E-state index in [1.165, 1.54) is 0 Å². The summed E-state index contributed by atoms with van der Waals surface area (Å²) in [7, 11) is 0. The van der Waals surface area contributed by atoms with Crippen LogP contribution < -0.4 is 46.8 Å².